The molecule has 9 heteroatoms. The number of pyridine rings is 1. The summed E-state index contributed by atoms with van der Waals surface area (Å²) in [4.78, 5) is 16.9. The summed E-state index contributed by atoms with van der Waals surface area (Å²) in [6.07, 6.45) is 1.74. The Bertz CT molecular complexity index is 1290. The molecule has 2 aromatic carbocycles. The average molecular weight is 431 g/mol. The van der Waals surface area contributed by atoms with Crippen LogP contribution < -0.4 is 5.32 Å². The zero-order valence-electron chi connectivity index (χ0n) is 15.3. The predicted octanol–water partition coefficient (Wildman–Crippen LogP) is 2.45. The Balaban J connectivity index is 1.55. The molecule has 1 aliphatic heterocycles. The minimum Gasteiger partial charge on any atom is -0.320 e. The van der Waals surface area contributed by atoms with Gasteiger partial charge in [-0.25, -0.2) is 16.8 Å². The normalized spacial score (nSPS) is 18.6. The minimum absolute atomic E-state index is 0.0166. The minimum atomic E-state index is -3.76. The number of carbonyl (C=O) groups excluding carboxylic acids is 1. The van der Waals surface area contributed by atoms with Crippen molar-refractivity contribution in [3.8, 4) is 0 Å². The summed E-state index contributed by atoms with van der Waals surface area (Å²) in [5.41, 5.74) is 1.50. The van der Waals surface area contributed by atoms with Gasteiger partial charge in [0.25, 0.3) is 5.91 Å². The van der Waals surface area contributed by atoms with Crippen molar-refractivity contribution in [3.05, 3.63) is 66.4 Å². The second-order valence-electron chi connectivity index (χ2n) is 6.93. The Kier molecular flexibility index (Phi) is 4.87. The molecule has 2 heterocycles. The lowest BCUT2D eigenvalue weighted by molar-refractivity contribution is 0.102. The number of amides is 1. The first-order valence-electron chi connectivity index (χ1n) is 8.96. The molecule has 4 rings (SSSR count). The number of para-hydroxylation sites is 1. The second-order valence-corrected chi connectivity index (χ2v) is 11.4. The molecule has 1 aromatic heterocycles. The molecule has 0 unspecified atom stereocenters. The first-order valence-corrected chi connectivity index (χ1v) is 12.3. The molecule has 7 nitrogen and oxygen atoms in total. The molecule has 150 valence electrons. The van der Waals surface area contributed by atoms with Crippen LogP contribution in [0.1, 0.15) is 16.8 Å². The van der Waals surface area contributed by atoms with Crippen LogP contribution in [0.3, 0.4) is 0 Å². The lowest BCUT2D eigenvalue weighted by Gasteiger charge is -2.11. The van der Waals surface area contributed by atoms with Crippen LogP contribution in [0, 0.1) is 0 Å². The molecule has 0 spiro atoms. The fourth-order valence-corrected chi connectivity index (χ4v) is 7.75. The fourth-order valence-electron chi connectivity index (χ4n) is 3.39. The smallest absolute Gasteiger partial charge is 0.255 e. The van der Waals surface area contributed by atoms with Gasteiger partial charge in [-0.3, -0.25) is 9.78 Å². The Morgan fingerprint density at radius 3 is 2.45 bits per heavy atom. The van der Waals surface area contributed by atoms with Crippen molar-refractivity contribution < 1.29 is 21.6 Å². The highest BCUT2D eigenvalue weighted by atomic mass is 32.2. The summed E-state index contributed by atoms with van der Waals surface area (Å²) in [5.74, 6) is -0.863. The van der Waals surface area contributed by atoms with Crippen LogP contribution >= 0.6 is 0 Å². The van der Waals surface area contributed by atoms with Crippen molar-refractivity contribution in [2.24, 2.45) is 0 Å². The molecule has 0 bridgehead atoms. The van der Waals surface area contributed by atoms with E-state index in [1.807, 2.05) is 24.3 Å². The number of hydrogen-bond acceptors (Lipinski definition) is 6. The molecule has 0 radical (unpaired) electrons. The molecule has 0 saturated carbocycles. The summed E-state index contributed by atoms with van der Waals surface area (Å²) < 4.78 is 48.5. The van der Waals surface area contributed by atoms with Crippen molar-refractivity contribution in [3.63, 3.8) is 0 Å². The maximum Gasteiger partial charge on any atom is 0.255 e. The van der Waals surface area contributed by atoms with Gasteiger partial charge in [-0.2, -0.15) is 0 Å². The van der Waals surface area contributed by atoms with Crippen LogP contribution in [0.4, 0.5) is 5.69 Å². The molecule has 29 heavy (non-hydrogen) atoms. The maximum absolute atomic E-state index is 12.7. The zero-order chi connectivity index (χ0) is 20.6. The molecular formula is C20H18N2O5S2. The zero-order valence-corrected chi connectivity index (χ0v) is 16.9. The van der Waals surface area contributed by atoms with Crippen LogP contribution in [-0.4, -0.2) is 44.5 Å². The van der Waals surface area contributed by atoms with Crippen molar-refractivity contribution in [1.29, 1.82) is 0 Å². The average Bonchev–Trinajstić information content (AvgIpc) is 3.09. The summed E-state index contributed by atoms with van der Waals surface area (Å²) in [5, 5.41) is 2.75. The Morgan fingerprint density at radius 2 is 1.76 bits per heavy atom. The van der Waals surface area contributed by atoms with Crippen LogP contribution in [0.15, 0.2) is 65.7 Å². The van der Waals surface area contributed by atoms with E-state index in [9.17, 15) is 21.6 Å². The van der Waals surface area contributed by atoms with E-state index in [4.69, 9.17) is 0 Å². The van der Waals surface area contributed by atoms with Crippen LogP contribution in [0.5, 0.6) is 0 Å². The van der Waals surface area contributed by atoms with E-state index < -0.39 is 30.8 Å². The number of rotatable bonds is 4. The number of nitrogens with zero attached hydrogens (tertiary/aromatic N) is 1. The fraction of sp³-hybridized carbons (Fsp3) is 0.200. The molecule has 1 aliphatic rings. The van der Waals surface area contributed by atoms with E-state index in [1.165, 1.54) is 24.3 Å². The van der Waals surface area contributed by atoms with Gasteiger partial charge < -0.3 is 5.32 Å². The highest BCUT2D eigenvalue weighted by Gasteiger charge is 2.38. The van der Waals surface area contributed by atoms with Gasteiger partial charge in [0, 0.05) is 17.1 Å². The number of nitrogens with one attached hydrogen (secondary N) is 1. The Morgan fingerprint density at radius 1 is 1.03 bits per heavy atom. The van der Waals surface area contributed by atoms with Gasteiger partial charge in [-0.05, 0) is 42.8 Å². The number of aromatic nitrogens is 1. The standard InChI is InChI=1S/C20H18N2O5S2/c23-20(22-18-5-1-3-14-4-2-11-21-19(14)18)15-6-8-16(9-7-15)29(26,27)17-10-12-28(24,25)13-17/h1-9,11,17H,10,12-13H2,(H,22,23)/t17-/m1/s1. The van der Waals surface area contributed by atoms with Gasteiger partial charge in [0.15, 0.2) is 19.7 Å². The predicted molar refractivity (Wildman–Crippen MR) is 110 cm³/mol. The second kappa shape index (κ2) is 7.23. The quantitative estimate of drug-likeness (QED) is 0.681. The van der Waals surface area contributed by atoms with E-state index in [1.54, 1.807) is 12.3 Å². The molecular weight excluding hydrogens is 412 g/mol. The van der Waals surface area contributed by atoms with Crippen molar-refractivity contribution in [2.45, 2.75) is 16.6 Å². The molecule has 1 N–H and O–H groups in total. The van der Waals surface area contributed by atoms with Crippen molar-refractivity contribution >= 4 is 42.2 Å². The topological polar surface area (TPSA) is 110 Å². The van der Waals surface area contributed by atoms with Crippen molar-refractivity contribution in [1.82, 2.24) is 4.98 Å². The number of anilines is 1. The Labute approximate surface area is 168 Å². The highest BCUT2D eigenvalue weighted by molar-refractivity contribution is 7.96. The van der Waals surface area contributed by atoms with E-state index in [0.29, 0.717) is 11.2 Å². The van der Waals surface area contributed by atoms with E-state index in [2.05, 4.69) is 10.3 Å². The third-order valence-electron chi connectivity index (χ3n) is 4.96. The molecule has 1 amide bonds. The molecule has 1 fully saturated rings. The van der Waals surface area contributed by atoms with Crippen LogP contribution in [0.2, 0.25) is 0 Å². The largest absolute Gasteiger partial charge is 0.320 e. The summed E-state index contributed by atoms with van der Waals surface area (Å²) in [6, 6.07) is 14.7. The lowest BCUT2D eigenvalue weighted by Crippen LogP contribution is -2.23. The summed E-state index contributed by atoms with van der Waals surface area (Å²) in [7, 11) is -7.07. The third kappa shape index (κ3) is 3.88. The summed E-state index contributed by atoms with van der Waals surface area (Å²) in [6.45, 7) is 0. The molecule has 1 saturated heterocycles. The first kappa shape index (κ1) is 19.5. The number of carbonyl (C=O) groups is 1. The number of benzene rings is 2. The van der Waals surface area contributed by atoms with Gasteiger partial charge in [-0.15, -0.1) is 0 Å². The number of sulfone groups is 2. The molecule has 3 aromatic rings. The van der Waals surface area contributed by atoms with Gasteiger partial charge in [0.1, 0.15) is 0 Å². The van der Waals surface area contributed by atoms with E-state index in [0.717, 1.165) is 5.39 Å². The monoisotopic (exact) mass is 430 g/mol. The van der Waals surface area contributed by atoms with Gasteiger partial charge in [-0.1, -0.05) is 18.2 Å². The highest BCUT2D eigenvalue weighted by Crippen LogP contribution is 2.26. The SMILES string of the molecule is O=C(Nc1cccc2cccnc12)c1ccc(S(=O)(=O)[C@@H]2CCS(=O)(=O)C2)cc1. The number of hydrogen-bond donors (Lipinski definition) is 1. The number of fused-ring (bicyclic) bond motifs is 1. The third-order valence-corrected chi connectivity index (χ3v) is 9.14. The maximum atomic E-state index is 12.7. The van der Waals surface area contributed by atoms with Crippen molar-refractivity contribution in [2.75, 3.05) is 16.8 Å². The van der Waals surface area contributed by atoms with Crippen LogP contribution in [0.25, 0.3) is 10.9 Å². The molecule has 1 atom stereocenters. The van der Waals surface area contributed by atoms with Gasteiger partial charge >= 0.3 is 0 Å². The van der Waals surface area contributed by atoms with E-state index >= 15 is 0 Å². The van der Waals surface area contributed by atoms with Gasteiger partial charge in [0.05, 0.1) is 32.9 Å². The summed E-state index contributed by atoms with van der Waals surface area (Å²) >= 11 is 0. The first-order chi connectivity index (χ1) is 13.8. The molecule has 0 aliphatic carbocycles. The lowest BCUT2D eigenvalue weighted by atomic mass is 10.1. The van der Waals surface area contributed by atoms with Crippen LogP contribution in [-0.2, 0) is 19.7 Å². The Hall–Kier alpha value is -2.78. The van der Waals surface area contributed by atoms with E-state index in [-0.39, 0.29) is 28.4 Å². The van der Waals surface area contributed by atoms with Gasteiger partial charge in [0.2, 0.25) is 0 Å².